The van der Waals surface area contributed by atoms with E-state index in [-0.39, 0.29) is 11.9 Å². The summed E-state index contributed by atoms with van der Waals surface area (Å²) < 4.78 is 13.8. The molecule has 1 saturated heterocycles. The van der Waals surface area contributed by atoms with Gasteiger partial charge in [0.05, 0.1) is 10.0 Å². The maximum absolute atomic E-state index is 13.8. The Balaban J connectivity index is 2.02. The fourth-order valence-corrected chi connectivity index (χ4v) is 3.65. The summed E-state index contributed by atoms with van der Waals surface area (Å²) in [6.07, 6.45) is 0.880. The molecular weight excluding hydrogens is 362 g/mol. The highest BCUT2D eigenvalue weighted by Crippen LogP contribution is 2.33. The van der Waals surface area contributed by atoms with E-state index in [1.165, 1.54) is 18.2 Å². The topological polar surface area (TPSA) is 46.3 Å². The van der Waals surface area contributed by atoms with Gasteiger partial charge in [-0.3, -0.25) is 4.79 Å². The molecule has 1 aliphatic heterocycles. The van der Waals surface area contributed by atoms with Gasteiger partial charge in [0.15, 0.2) is 0 Å². The van der Waals surface area contributed by atoms with Crippen LogP contribution in [0.5, 0.6) is 0 Å². The second-order valence-corrected chi connectivity index (χ2v) is 7.28. The van der Waals surface area contributed by atoms with Crippen molar-refractivity contribution in [1.29, 1.82) is 0 Å². The van der Waals surface area contributed by atoms with Gasteiger partial charge in [-0.05, 0) is 67.3 Å². The van der Waals surface area contributed by atoms with Crippen LogP contribution in [0.15, 0.2) is 36.4 Å². The molecule has 25 heavy (non-hydrogen) atoms. The lowest BCUT2D eigenvalue weighted by Gasteiger charge is -2.23. The molecule has 3 rings (SSSR count). The molecule has 0 radical (unpaired) electrons. The molecule has 0 spiro atoms. The minimum absolute atomic E-state index is 0.104. The normalized spacial score (nSPS) is 20.1. The van der Waals surface area contributed by atoms with E-state index in [2.05, 4.69) is 0 Å². The molecule has 1 fully saturated rings. The van der Waals surface area contributed by atoms with Crippen LogP contribution in [-0.2, 0) is 0 Å². The highest BCUT2D eigenvalue weighted by Gasteiger charge is 2.33. The summed E-state index contributed by atoms with van der Waals surface area (Å²) >= 11 is 12.1. The number of amides is 1. The lowest BCUT2D eigenvalue weighted by atomic mass is 9.98. The Kier molecular flexibility index (Phi) is 5.32. The van der Waals surface area contributed by atoms with Crippen molar-refractivity contribution in [3.05, 3.63) is 57.8 Å². The Morgan fingerprint density at radius 3 is 2.64 bits per heavy atom. The number of carbonyl (C=O) groups is 1. The average Bonchev–Trinajstić information content (AvgIpc) is 2.97. The van der Waals surface area contributed by atoms with Gasteiger partial charge < -0.3 is 10.6 Å². The third-order valence-electron chi connectivity index (χ3n) is 4.70. The van der Waals surface area contributed by atoms with Gasteiger partial charge in [0.1, 0.15) is 5.82 Å². The number of hydrogen-bond donors (Lipinski definition) is 1. The first-order valence-corrected chi connectivity index (χ1v) is 8.92. The van der Waals surface area contributed by atoms with Crippen molar-refractivity contribution in [2.45, 2.75) is 19.4 Å². The molecule has 1 heterocycles. The van der Waals surface area contributed by atoms with E-state index in [0.717, 1.165) is 6.42 Å². The summed E-state index contributed by atoms with van der Waals surface area (Å²) in [4.78, 5) is 14.9. The van der Waals surface area contributed by atoms with E-state index in [1.54, 1.807) is 18.2 Å². The van der Waals surface area contributed by atoms with Crippen molar-refractivity contribution in [2.75, 3.05) is 13.1 Å². The predicted octanol–water partition coefficient (Wildman–Crippen LogP) is 4.61. The van der Waals surface area contributed by atoms with Crippen molar-refractivity contribution in [3.8, 4) is 11.1 Å². The van der Waals surface area contributed by atoms with Crippen LogP contribution >= 0.6 is 23.2 Å². The summed E-state index contributed by atoms with van der Waals surface area (Å²) in [5, 5.41) is 0.771. The van der Waals surface area contributed by atoms with Gasteiger partial charge in [0.2, 0.25) is 0 Å². The average molecular weight is 381 g/mol. The van der Waals surface area contributed by atoms with Crippen LogP contribution in [0.3, 0.4) is 0 Å². The molecule has 6 heteroatoms. The van der Waals surface area contributed by atoms with Gasteiger partial charge >= 0.3 is 0 Å². The van der Waals surface area contributed by atoms with Crippen LogP contribution in [0.25, 0.3) is 11.1 Å². The second kappa shape index (κ2) is 7.32. The molecule has 2 aromatic rings. The van der Waals surface area contributed by atoms with Gasteiger partial charge in [0.25, 0.3) is 5.91 Å². The number of nitrogens with zero attached hydrogens (tertiary/aromatic N) is 1. The SMILES string of the molecule is CC1CC(CN)CN1C(=O)c1ccc(F)cc1-c1ccc(Cl)c(Cl)c1. The van der Waals surface area contributed by atoms with Crippen molar-refractivity contribution < 1.29 is 9.18 Å². The van der Waals surface area contributed by atoms with Crippen molar-refractivity contribution in [2.24, 2.45) is 11.7 Å². The zero-order chi connectivity index (χ0) is 18.1. The molecule has 2 unspecified atom stereocenters. The van der Waals surface area contributed by atoms with Crippen LogP contribution in [0.4, 0.5) is 4.39 Å². The van der Waals surface area contributed by atoms with E-state index in [1.807, 2.05) is 11.8 Å². The van der Waals surface area contributed by atoms with Crippen molar-refractivity contribution in [1.82, 2.24) is 4.90 Å². The second-order valence-electron chi connectivity index (χ2n) is 6.46. The quantitative estimate of drug-likeness (QED) is 0.844. The van der Waals surface area contributed by atoms with E-state index < -0.39 is 5.82 Å². The molecule has 0 bridgehead atoms. The number of halogens is 3. The van der Waals surface area contributed by atoms with Crippen molar-refractivity contribution >= 4 is 29.1 Å². The molecule has 3 nitrogen and oxygen atoms in total. The van der Waals surface area contributed by atoms with Crippen LogP contribution in [0, 0.1) is 11.7 Å². The highest BCUT2D eigenvalue weighted by atomic mass is 35.5. The number of nitrogens with two attached hydrogens (primary N) is 1. The molecular formula is C19H19Cl2FN2O. The van der Waals surface area contributed by atoms with E-state index in [4.69, 9.17) is 28.9 Å². The smallest absolute Gasteiger partial charge is 0.254 e. The number of carbonyl (C=O) groups excluding carboxylic acids is 1. The Morgan fingerprint density at radius 2 is 2.00 bits per heavy atom. The third kappa shape index (κ3) is 3.66. The molecule has 2 aromatic carbocycles. The zero-order valence-corrected chi connectivity index (χ0v) is 15.3. The highest BCUT2D eigenvalue weighted by molar-refractivity contribution is 6.42. The Morgan fingerprint density at radius 1 is 1.24 bits per heavy atom. The number of hydrogen-bond acceptors (Lipinski definition) is 2. The fourth-order valence-electron chi connectivity index (χ4n) is 3.36. The van der Waals surface area contributed by atoms with E-state index >= 15 is 0 Å². The van der Waals surface area contributed by atoms with Gasteiger partial charge in [-0.25, -0.2) is 4.39 Å². The van der Waals surface area contributed by atoms with Gasteiger partial charge in [-0.1, -0.05) is 29.3 Å². The maximum Gasteiger partial charge on any atom is 0.254 e. The zero-order valence-electron chi connectivity index (χ0n) is 13.8. The van der Waals surface area contributed by atoms with Crippen LogP contribution in [0.1, 0.15) is 23.7 Å². The van der Waals surface area contributed by atoms with Gasteiger partial charge in [-0.2, -0.15) is 0 Å². The molecule has 0 aliphatic carbocycles. The molecule has 132 valence electrons. The number of likely N-dealkylation sites (tertiary alicyclic amines) is 1. The Bertz CT molecular complexity index is 812. The standard InChI is InChI=1S/C19H19Cl2FN2O/c1-11-6-12(9-23)10-24(11)19(25)15-4-3-14(22)8-16(15)13-2-5-17(20)18(21)7-13/h2-5,7-8,11-12H,6,9-10,23H2,1H3. The maximum atomic E-state index is 13.8. The van der Waals surface area contributed by atoms with Gasteiger partial charge in [-0.15, -0.1) is 0 Å². The monoisotopic (exact) mass is 380 g/mol. The van der Waals surface area contributed by atoms with E-state index in [0.29, 0.717) is 45.7 Å². The Hall–Kier alpha value is -1.62. The first kappa shape index (κ1) is 18.2. The lowest BCUT2D eigenvalue weighted by Crippen LogP contribution is -2.34. The molecule has 0 saturated carbocycles. The first-order valence-electron chi connectivity index (χ1n) is 8.16. The minimum Gasteiger partial charge on any atom is -0.336 e. The molecule has 2 atom stereocenters. The minimum atomic E-state index is -0.410. The summed E-state index contributed by atoms with van der Waals surface area (Å²) in [5.41, 5.74) is 7.36. The molecule has 2 N–H and O–H groups in total. The van der Waals surface area contributed by atoms with Crippen LogP contribution in [-0.4, -0.2) is 29.9 Å². The summed E-state index contributed by atoms with van der Waals surface area (Å²) in [6.45, 7) is 3.18. The van der Waals surface area contributed by atoms with Crippen LogP contribution in [0.2, 0.25) is 10.0 Å². The largest absolute Gasteiger partial charge is 0.336 e. The Labute approximate surface area is 156 Å². The molecule has 1 aliphatic rings. The van der Waals surface area contributed by atoms with Gasteiger partial charge in [0, 0.05) is 18.2 Å². The number of benzene rings is 2. The van der Waals surface area contributed by atoms with Crippen LogP contribution < -0.4 is 5.73 Å². The molecule has 1 amide bonds. The number of rotatable bonds is 3. The first-order chi connectivity index (χ1) is 11.9. The summed E-state index contributed by atoms with van der Waals surface area (Å²) in [5.74, 6) is -0.232. The predicted molar refractivity (Wildman–Crippen MR) is 99.5 cm³/mol. The summed E-state index contributed by atoms with van der Waals surface area (Å²) in [7, 11) is 0. The fraction of sp³-hybridized carbons (Fsp3) is 0.316. The lowest BCUT2D eigenvalue weighted by molar-refractivity contribution is 0.0744. The third-order valence-corrected chi connectivity index (χ3v) is 5.44. The van der Waals surface area contributed by atoms with Crippen molar-refractivity contribution in [3.63, 3.8) is 0 Å². The van der Waals surface area contributed by atoms with E-state index in [9.17, 15) is 9.18 Å². The summed E-state index contributed by atoms with van der Waals surface area (Å²) in [6, 6.07) is 9.30. The molecule has 0 aromatic heterocycles.